The lowest BCUT2D eigenvalue weighted by atomic mass is 9.86. The number of carbonyl (C=O) groups excluding carboxylic acids is 1. The van der Waals surface area contributed by atoms with Gasteiger partial charge >= 0.3 is 0 Å². The van der Waals surface area contributed by atoms with Gasteiger partial charge in [0.25, 0.3) is 0 Å². The number of aromatic nitrogens is 1. The van der Waals surface area contributed by atoms with E-state index in [1.807, 2.05) is 68.3 Å². The molecule has 5 nitrogen and oxygen atoms in total. The Morgan fingerprint density at radius 1 is 0.957 bits per heavy atom. The summed E-state index contributed by atoms with van der Waals surface area (Å²) in [5, 5.41) is 5.07. The molecule has 0 spiro atoms. The third kappa shape index (κ3) is 1.73. The van der Waals surface area contributed by atoms with E-state index in [-0.39, 0.29) is 5.78 Å². The number of ketones is 1. The largest absolute Gasteiger partial charge is 0.377 e. The van der Waals surface area contributed by atoms with E-state index in [9.17, 15) is 4.79 Å². The molecule has 23 heavy (non-hydrogen) atoms. The molecule has 5 heteroatoms. The van der Waals surface area contributed by atoms with Gasteiger partial charge in [-0.1, -0.05) is 29.4 Å². The second-order valence-electron chi connectivity index (χ2n) is 6.19. The molecule has 1 aromatic heterocycles. The van der Waals surface area contributed by atoms with Crippen LogP contribution in [0.4, 0.5) is 11.4 Å². The first-order valence-corrected chi connectivity index (χ1v) is 7.46. The van der Waals surface area contributed by atoms with E-state index in [1.54, 1.807) is 0 Å². The monoisotopic (exact) mass is 307 g/mol. The molecule has 0 fully saturated rings. The van der Waals surface area contributed by atoms with Crippen molar-refractivity contribution in [1.29, 1.82) is 0 Å². The van der Waals surface area contributed by atoms with E-state index in [2.05, 4.69) is 5.16 Å². The Morgan fingerprint density at radius 2 is 1.61 bits per heavy atom. The number of nitrogens with zero attached hydrogens (tertiary/aromatic N) is 3. The van der Waals surface area contributed by atoms with E-state index >= 15 is 0 Å². The predicted octanol–water partition coefficient (Wildman–Crippen LogP) is 3.17. The van der Waals surface area contributed by atoms with Gasteiger partial charge in [0, 0.05) is 39.3 Å². The number of anilines is 2. The van der Waals surface area contributed by atoms with Gasteiger partial charge in [-0.05, 0) is 6.07 Å². The minimum absolute atomic E-state index is 0.0234. The van der Waals surface area contributed by atoms with Gasteiger partial charge < -0.3 is 14.3 Å². The van der Waals surface area contributed by atoms with Crippen molar-refractivity contribution in [2.24, 2.45) is 0 Å². The van der Waals surface area contributed by atoms with E-state index < -0.39 is 0 Å². The second-order valence-corrected chi connectivity index (χ2v) is 6.19. The van der Waals surface area contributed by atoms with E-state index in [4.69, 9.17) is 4.52 Å². The highest BCUT2D eigenvalue weighted by molar-refractivity contribution is 6.28. The first-order valence-electron chi connectivity index (χ1n) is 7.46. The van der Waals surface area contributed by atoms with E-state index in [1.165, 1.54) is 0 Å². The molecule has 1 aliphatic carbocycles. The van der Waals surface area contributed by atoms with Gasteiger partial charge in [0.15, 0.2) is 11.5 Å². The van der Waals surface area contributed by atoms with Crippen molar-refractivity contribution in [3.63, 3.8) is 0 Å². The molecule has 116 valence electrons. The molecule has 4 rings (SSSR count). The summed E-state index contributed by atoms with van der Waals surface area (Å²) in [5.74, 6) is 0.701. The van der Waals surface area contributed by atoms with Crippen LogP contribution < -0.4 is 9.80 Å². The molecule has 0 N–H and O–H groups in total. The van der Waals surface area contributed by atoms with E-state index in [0.717, 1.165) is 27.8 Å². The fourth-order valence-corrected chi connectivity index (χ4v) is 3.22. The van der Waals surface area contributed by atoms with Gasteiger partial charge in [-0.15, -0.1) is 0 Å². The fraction of sp³-hybridized carbons (Fsp3) is 0.222. The Hall–Kier alpha value is -2.82. The average molecular weight is 307 g/mol. The highest BCUT2D eigenvalue weighted by Crippen LogP contribution is 2.45. The number of carbonyl (C=O) groups is 1. The summed E-state index contributed by atoms with van der Waals surface area (Å²) in [6, 6.07) is 9.53. The van der Waals surface area contributed by atoms with Crippen molar-refractivity contribution in [3.05, 3.63) is 41.5 Å². The zero-order chi connectivity index (χ0) is 16.3. The molecule has 0 saturated heterocycles. The lowest BCUT2D eigenvalue weighted by molar-refractivity contribution is 0.104. The minimum Gasteiger partial charge on any atom is -0.377 e. The molecule has 0 saturated carbocycles. The molecule has 1 heterocycles. The second kappa shape index (κ2) is 4.59. The molecule has 1 aliphatic rings. The van der Waals surface area contributed by atoms with Gasteiger partial charge in [-0.2, -0.15) is 0 Å². The van der Waals surface area contributed by atoms with Crippen molar-refractivity contribution < 1.29 is 9.32 Å². The third-order valence-electron chi connectivity index (χ3n) is 4.32. The quantitative estimate of drug-likeness (QED) is 0.569. The van der Waals surface area contributed by atoms with Crippen molar-refractivity contribution in [3.8, 4) is 11.3 Å². The maximum atomic E-state index is 13.1. The Morgan fingerprint density at radius 3 is 2.26 bits per heavy atom. The molecule has 3 aromatic rings. The highest BCUT2D eigenvalue weighted by atomic mass is 16.5. The topological polar surface area (TPSA) is 49.6 Å². The van der Waals surface area contributed by atoms with Crippen LogP contribution in [0.3, 0.4) is 0 Å². The maximum Gasteiger partial charge on any atom is 0.196 e. The smallest absolute Gasteiger partial charge is 0.196 e. The summed E-state index contributed by atoms with van der Waals surface area (Å²) in [7, 11) is 7.81. The first-order chi connectivity index (χ1) is 11.0. The van der Waals surface area contributed by atoms with Crippen LogP contribution in [0.5, 0.6) is 0 Å². The van der Waals surface area contributed by atoms with Crippen LogP contribution in [0, 0.1) is 0 Å². The Bertz CT molecular complexity index is 954. The van der Waals surface area contributed by atoms with Gasteiger partial charge in [0.05, 0.1) is 22.3 Å². The Kier molecular flexibility index (Phi) is 2.75. The highest BCUT2D eigenvalue weighted by Gasteiger charge is 2.33. The van der Waals surface area contributed by atoms with Crippen LogP contribution >= 0.6 is 0 Å². The summed E-state index contributed by atoms with van der Waals surface area (Å²) in [6.45, 7) is 0. The lowest BCUT2D eigenvalue weighted by Gasteiger charge is -2.24. The number of fused-ring (bicyclic) bond motifs is 2. The summed E-state index contributed by atoms with van der Waals surface area (Å²) in [6.07, 6.45) is 0. The lowest BCUT2D eigenvalue weighted by Crippen LogP contribution is -2.19. The molecule has 0 radical (unpaired) electrons. The van der Waals surface area contributed by atoms with Gasteiger partial charge in [0.2, 0.25) is 0 Å². The van der Waals surface area contributed by atoms with Crippen LogP contribution in [-0.2, 0) is 0 Å². The van der Waals surface area contributed by atoms with Crippen LogP contribution in [0.25, 0.3) is 22.2 Å². The van der Waals surface area contributed by atoms with Crippen molar-refractivity contribution in [1.82, 2.24) is 5.16 Å². The molecular weight excluding hydrogens is 290 g/mol. The molecule has 2 aromatic carbocycles. The average Bonchev–Trinajstić information content (AvgIpc) is 2.96. The van der Waals surface area contributed by atoms with Crippen molar-refractivity contribution in [2.45, 2.75) is 0 Å². The molecule has 0 bridgehead atoms. The zero-order valence-corrected chi connectivity index (χ0v) is 13.5. The summed E-state index contributed by atoms with van der Waals surface area (Å²) in [4.78, 5) is 17.0. The summed E-state index contributed by atoms with van der Waals surface area (Å²) < 4.78 is 5.65. The molecule has 0 atom stereocenters. The maximum absolute atomic E-state index is 13.1. The fourth-order valence-electron chi connectivity index (χ4n) is 3.22. The SMILES string of the molecule is CN(C)c1cc(N(C)C)c2noc3c2c1C(=O)c1ccccc1-3. The number of rotatable bonds is 2. The zero-order valence-electron chi connectivity index (χ0n) is 13.5. The normalized spacial score (nSPS) is 12.4. The van der Waals surface area contributed by atoms with Gasteiger partial charge in [-0.25, -0.2) is 0 Å². The van der Waals surface area contributed by atoms with Crippen LogP contribution in [0.1, 0.15) is 15.9 Å². The Balaban J connectivity index is 2.21. The standard InChI is InChI=1S/C18H17N3O2/c1-20(2)12-9-13(21(3)4)16-15-14(12)17(22)10-7-5-6-8-11(10)18(15)23-19-16/h5-9H,1-4H3. The van der Waals surface area contributed by atoms with Crippen molar-refractivity contribution in [2.75, 3.05) is 38.0 Å². The van der Waals surface area contributed by atoms with Crippen molar-refractivity contribution >= 4 is 28.1 Å². The minimum atomic E-state index is 0.0234. The molecule has 0 aliphatic heterocycles. The number of hydrogen-bond acceptors (Lipinski definition) is 5. The summed E-state index contributed by atoms with van der Waals surface area (Å²) >= 11 is 0. The predicted molar refractivity (Wildman–Crippen MR) is 91.5 cm³/mol. The van der Waals surface area contributed by atoms with Crippen LogP contribution in [0.15, 0.2) is 34.9 Å². The van der Waals surface area contributed by atoms with Crippen LogP contribution in [-0.4, -0.2) is 39.1 Å². The first kappa shape index (κ1) is 13.8. The van der Waals surface area contributed by atoms with E-state index in [0.29, 0.717) is 16.9 Å². The number of hydrogen-bond donors (Lipinski definition) is 0. The Labute approximate surface area is 134 Å². The number of benzene rings is 2. The molecule has 0 unspecified atom stereocenters. The van der Waals surface area contributed by atoms with Crippen LogP contribution in [0.2, 0.25) is 0 Å². The van der Waals surface area contributed by atoms with Gasteiger partial charge in [-0.3, -0.25) is 4.79 Å². The molecular formula is C18H17N3O2. The molecule has 0 amide bonds. The third-order valence-corrected chi connectivity index (χ3v) is 4.32. The van der Waals surface area contributed by atoms with Gasteiger partial charge in [0.1, 0.15) is 5.52 Å². The summed E-state index contributed by atoms with van der Waals surface area (Å²) in [5.41, 5.74) is 4.70.